The van der Waals surface area contributed by atoms with Crippen molar-refractivity contribution in [3.8, 4) is 11.3 Å². The predicted octanol–water partition coefficient (Wildman–Crippen LogP) is 9.80. The number of fused-ring (bicyclic) bond motifs is 2. The van der Waals surface area contributed by atoms with E-state index in [-0.39, 0.29) is 33.6 Å². The lowest BCUT2D eigenvalue weighted by Gasteiger charge is -2.14. The minimum absolute atomic E-state index is 0.148. The molecule has 10 nitrogen and oxygen atoms in total. The maximum absolute atomic E-state index is 13.4. The van der Waals surface area contributed by atoms with E-state index in [0.29, 0.717) is 35.0 Å². The van der Waals surface area contributed by atoms with Crippen LogP contribution >= 0.6 is 15.9 Å². The monoisotopic (exact) mass is 892 g/mol. The van der Waals surface area contributed by atoms with Crippen LogP contribution in [-0.2, 0) is 13.1 Å². The Morgan fingerprint density at radius 3 is 1.51 bits per heavy atom. The molecule has 0 fully saturated rings. The van der Waals surface area contributed by atoms with Crippen LogP contribution in [0.1, 0.15) is 65.5 Å². The van der Waals surface area contributed by atoms with E-state index in [9.17, 15) is 19.2 Å². The predicted molar refractivity (Wildman–Crippen MR) is 251 cm³/mol. The normalized spacial score (nSPS) is 11.0. The molecule has 310 valence electrons. The van der Waals surface area contributed by atoms with E-state index in [1.54, 1.807) is 49.1 Å². The molecule has 0 saturated heterocycles. The molecule has 0 amide bonds. The van der Waals surface area contributed by atoms with Crippen LogP contribution in [0.3, 0.4) is 0 Å². The Morgan fingerprint density at radius 1 is 0.540 bits per heavy atom. The third-order valence-corrected chi connectivity index (χ3v) is 11.5. The summed E-state index contributed by atoms with van der Waals surface area (Å²) < 4.78 is 4.57. The zero-order valence-electron chi connectivity index (χ0n) is 35.0. The van der Waals surface area contributed by atoms with E-state index in [4.69, 9.17) is 4.98 Å². The van der Waals surface area contributed by atoms with Gasteiger partial charge in [-0.25, -0.2) is 15.0 Å². The maximum atomic E-state index is 13.4. The van der Waals surface area contributed by atoms with E-state index in [2.05, 4.69) is 30.9 Å². The summed E-state index contributed by atoms with van der Waals surface area (Å²) >= 11 is 3.39. The van der Waals surface area contributed by atoms with Crippen LogP contribution in [0.25, 0.3) is 33.1 Å². The molecule has 0 unspecified atom stereocenters. The summed E-state index contributed by atoms with van der Waals surface area (Å²) in [7, 11) is 0. The first kappa shape index (κ1) is 42.2. The second-order valence-electron chi connectivity index (χ2n) is 15.4. The van der Waals surface area contributed by atoms with E-state index in [1.807, 2.05) is 134 Å². The van der Waals surface area contributed by atoms with Crippen LogP contribution in [-0.4, -0.2) is 40.6 Å². The second kappa shape index (κ2) is 18.2. The first-order valence-corrected chi connectivity index (χ1v) is 21.1. The zero-order chi connectivity index (χ0) is 44.2. The van der Waals surface area contributed by atoms with Gasteiger partial charge in [0.1, 0.15) is 10.9 Å². The highest BCUT2D eigenvalue weighted by molar-refractivity contribution is 9.10. The van der Waals surface area contributed by atoms with Crippen LogP contribution in [0.4, 0.5) is 0 Å². The van der Waals surface area contributed by atoms with Crippen molar-refractivity contribution >= 4 is 49.3 Å². The number of carbonyl (C=O) groups is 2. The molecular weight excluding hydrogens is 853 g/mol. The summed E-state index contributed by atoms with van der Waals surface area (Å²) in [4.78, 5) is 70.3. The summed E-state index contributed by atoms with van der Waals surface area (Å²) in [5, 5.41) is 1.03. The fourth-order valence-corrected chi connectivity index (χ4v) is 7.78. The van der Waals surface area contributed by atoms with Crippen LogP contribution in [0.15, 0.2) is 167 Å². The number of ketones is 2. The Balaban J connectivity index is 0.000000175. The highest BCUT2D eigenvalue weighted by atomic mass is 79.9. The van der Waals surface area contributed by atoms with Gasteiger partial charge < -0.3 is 9.13 Å². The van der Waals surface area contributed by atoms with Gasteiger partial charge in [0.2, 0.25) is 10.9 Å². The molecule has 5 aromatic heterocycles. The smallest absolute Gasteiger partial charge is 0.200 e. The van der Waals surface area contributed by atoms with Crippen LogP contribution in [0.5, 0.6) is 0 Å². The van der Waals surface area contributed by atoms with Gasteiger partial charge >= 0.3 is 0 Å². The van der Waals surface area contributed by atoms with Gasteiger partial charge in [-0.15, -0.1) is 0 Å². The van der Waals surface area contributed by atoms with Crippen molar-refractivity contribution in [3.63, 3.8) is 0 Å². The lowest BCUT2D eigenvalue weighted by atomic mass is 9.99. The summed E-state index contributed by atoms with van der Waals surface area (Å²) in [5.41, 5.74) is 9.80. The quantitative estimate of drug-likeness (QED) is 0.104. The van der Waals surface area contributed by atoms with E-state index >= 15 is 0 Å². The number of pyridine rings is 4. The number of hydrogen-bond donors (Lipinski definition) is 0. The molecule has 63 heavy (non-hydrogen) atoms. The van der Waals surface area contributed by atoms with Gasteiger partial charge in [0.15, 0.2) is 11.6 Å². The number of aromatic nitrogens is 6. The van der Waals surface area contributed by atoms with Gasteiger partial charge in [-0.3, -0.25) is 24.2 Å². The largest absolute Gasteiger partial charge is 0.340 e. The van der Waals surface area contributed by atoms with Crippen molar-refractivity contribution in [1.82, 2.24) is 29.1 Å². The van der Waals surface area contributed by atoms with Crippen LogP contribution in [0.2, 0.25) is 0 Å². The molecule has 0 aliphatic rings. The lowest BCUT2D eigenvalue weighted by molar-refractivity contribution is 0.102. The van der Waals surface area contributed by atoms with Crippen LogP contribution < -0.4 is 10.9 Å². The standard InChI is InChI=1S/C28H22N4O2.C24H19BrN2O2/c1-18-10-11-20(12-19(18)2)27(33)24-16-32(26-9-4-3-7-23(26)28(24)34)15-22-6-5-8-25(31-22)21-13-29-17-30-14-21;1-15-10-11-17(12-16(15)2)23(28)20-14-27(13-18-6-5-9-22(25)26-18)21-8-4-3-7-19(21)24(20)29/h3-14,16-17H,15H2,1-2H3;3-12,14H,13H2,1-2H3. The number of hydrogen-bond acceptors (Lipinski definition) is 8. The molecule has 9 rings (SSSR count). The topological polar surface area (TPSA) is 130 Å². The Hall–Kier alpha value is -7.50. The highest BCUT2D eigenvalue weighted by Gasteiger charge is 2.20. The van der Waals surface area contributed by atoms with Crippen molar-refractivity contribution in [2.75, 3.05) is 0 Å². The first-order chi connectivity index (χ1) is 30.4. The molecule has 0 atom stereocenters. The molecule has 0 aliphatic heterocycles. The number of halogens is 1. The molecule has 11 heteroatoms. The van der Waals surface area contributed by atoms with E-state index in [0.717, 1.165) is 60.5 Å². The summed E-state index contributed by atoms with van der Waals surface area (Å²) in [6, 6.07) is 37.2. The lowest BCUT2D eigenvalue weighted by Crippen LogP contribution is -2.20. The molecule has 0 radical (unpaired) electrons. The fourth-order valence-electron chi connectivity index (χ4n) is 7.40. The summed E-state index contributed by atoms with van der Waals surface area (Å²) in [6.07, 6.45) is 8.23. The summed E-state index contributed by atoms with van der Waals surface area (Å²) in [6.45, 7) is 8.76. The van der Waals surface area contributed by atoms with Gasteiger partial charge in [-0.05, 0) is 127 Å². The number of carbonyl (C=O) groups excluding carboxylic acids is 2. The zero-order valence-corrected chi connectivity index (χ0v) is 36.6. The molecule has 0 aliphatic carbocycles. The molecule has 9 aromatic rings. The molecule has 0 N–H and O–H groups in total. The van der Waals surface area contributed by atoms with Crippen molar-refractivity contribution in [3.05, 3.63) is 233 Å². The molecular formula is C52H41BrN6O4. The fraction of sp³-hybridized carbons (Fsp3) is 0.115. The number of benzene rings is 4. The van der Waals surface area contributed by atoms with E-state index < -0.39 is 0 Å². The minimum Gasteiger partial charge on any atom is -0.340 e. The Labute approximate surface area is 371 Å². The number of para-hydroxylation sites is 2. The van der Waals surface area contributed by atoms with Gasteiger partial charge in [0.25, 0.3) is 0 Å². The Morgan fingerprint density at radius 2 is 1.02 bits per heavy atom. The average molecular weight is 894 g/mol. The molecule has 5 heterocycles. The van der Waals surface area contributed by atoms with Gasteiger partial charge in [-0.1, -0.05) is 60.7 Å². The molecule has 0 spiro atoms. The number of nitrogens with zero attached hydrogens (tertiary/aromatic N) is 6. The molecule has 4 aromatic carbocycles. The van der Waals surface area contributed by atoms with Gasteiger partial charge in [0.05, 0.1) is 52.3 Å². The average Bonchev–Trinajstić information content (AvgIpc) is 3.30. The Bertz CT molecular complexity index is 3340. The van der Waals surface area contributed by atoms with Crippen molar-refractivity contribution < 1.29 is 9.59 Å². The highest BCUT2D eigenvalue weighted by Crippen LogP contribution is 2.21. The second-order valence-corrected chi connectivity index (χ2v) is 16.2. The van der Waals surface area contributed by atoms with E-state index in [1.165, 1.54) is 6.33 Å². The minimum atomic E-state index is -0.282. The number of rotatable bonds is 9. The van der Waals surface area contributed by atoms with Crippen molar-refractivity contribution in [1.29, 1.82) is 0 Å². The third kappa shape index (κ3) is 9.10. The number of aryl methyl sites for hydroxylation is 4. The molecule has 0 bridgehead atoms. The maximum Gasteiger partial charge on any atom is 0.200 e. The van der Waals surface area contributed by atoms with Crippen molar-refractivity contribution in [2.45, 2.75) is 40.8 Å². The van der Waals surface area contributed by atoms with Crippen LogP contribution in [0, 0.1) is 27.7 Å². The first-order valence-electron chi connectivity index (χ1n) is 20.3. The third-order valence-electron chi connectivity index (χ3n) is 11.1. The SMILES string of the molecule is Cc1ccc(C(=O)c2cn(Cc3cccc(-c4cncnc4)n3)c3ccccc3c2=O)cc1C.Cc1ccc(C(=O)c2cn(Cc3cccc(Br)n3)c3ccccc3c2=O)cc1C. The van der Waals surface area contributed by atoms with Gasteiger partial charge in [0, 0.05) is 52.3 Å². The van der Waals surface area contributed by atoms with Crippen molar-refractivity contribution in [2.24, 2.45) is 0 Å². The Kier molecular flexibility index (Phi) is 12.2. The van der Waals surface area contributed by atoms with Gasteiger partial charge in [-0.2, -0.15) is 0 Å². The molecule has 0 saturated carbocycles. The summed E-state index contributed by atoms with van der Waals surface area (Å²) in [5.74, 6) is -0.546.